The van der Waals surface area contributed by atoms with Crippen molar-refractivity contribution in [3.8, 4) is 0 Å². The van der Waals surface area contributed by atoms with E-state index in [0.717, 1.165) is 31.0 Å². The minimum Gasteiger partial charge on any atom is -0.352 e. The Balaban J connectivity index is 1.64. The van der Waals surface area contributed by atoms with Gasteiger partial charge in [-0.3, -0.25) is 0 Å². The Morgan fingerprint density at radius 3 is 2.75 bits per heavy atom. The number of rotatable bonds is 4. The first-order valence-electron chi connectivity index (χ1n) is 9.38. The Kier molecular flexibility index (Phi) is 4.76. The number of ether oxygens (including phenoxy) is 3. The number of hydrogen-bond acceptors (Lipinski definition) is 5. The average Bonchev–Trinajstić information content (AvgIpc) is 2.78. The Morgan fingerprint density at radius 2 is 1.96 bits per heavy atom. The van der Waals surface area contributed by atoms with Crippen LogP contribution in [-0.2, 0) is 24.0 Å². The molecule has 5 aliphatic rings. The molecule has 5 fully saturated rings. The van der Waals surface area contributed by atoms with Crippen molar-refractivity contribution < 1.29 is 24.0 Å². The summed E-state index contributed by atoms with van der Waals surface area (Å²) in [6.45, 7) is 7.21. The molecule has 1 aliphatic carbocycles. The summed E-state index contributed by atoms with van der Waals surface area (Å²) in [5.41, 5.74) is -0.484. The maximum atomic E-state index is 6.34. The van der Waals surface area contributed by atoms with Crippen LogP contribution in [0.25, 0.3) is 0 Å². The van der Waals surface area contributed by atoms with E-state index in [2.05, 4.69) is 29.8 Å². The van der Waals surface area contributed by atoms with E-state index in [9.17, 15) is 0 Å². The third-order valence-electron chi connectivity index (χ3n) is 6.66. The summed E-state index contributed by atoms with van der Waals surface area (Å²) in [5.74, 6) is 0.906. The maximum Gasteiger partial charge on any atom is 0.201 e. The van der Waals surface area contributed by atoms with E-state index in [-0.39, 0.29) is 12.2 Å². The lowest BCUT2D eigenvalue weighted by molar-refractivity contribution is -0.577. The second-order valence-corrected chi connectivity index (χ2v) is 8.98. The van der Waals surface area contributed by atoms with Gasteiger partial charge in [-0.05, 0) is 44.4 Å². The molecule has 24 heavy (non-hydrogen) atoms. The van der Waals surface area contributed by atoms with Crippen LogP contribution in [-0.4, -0.2) is 35.9 Å². The van der Waals surface area contributed by atoms with Gasteiger partial charge in [0.15, 0.2) is 18.2 Å². The molecule has 0 aromatic rings. The largest absolute Gasteiger partial charge is 0.352 e. The fourth-order valence-corrected chi connectivity index (χ4v) is 5.55. The quantitative estimate of drug-likeness (QED) is 0.402. The molecule has 1 spiro atoms. The van der Waals surface area contributed by atoms with Crippen molar-refractivity contribution in [1.29, 1.82) is 0 Å². The predicted molar refractivity (Wildman–Crippen MR) is 91.2 cm³/mol. The van der Waals surface area contributed by atoms with Gasteiger partial charge in [-0.25, -0.2) is 9.78 Å². The molecule has 0 N–H and O–H groups in total. The van der Waals surface area contributed by atoms with Gasteiger partial charge < -0.3 is 14.2 Å². The normalized spacial score (nSPS) is 53.5. The van der Waals surface area contributed by atoms with Crippen molar-refractivity contribution in [2.75, 3.05) is 11.9 Å². The van der Waals surface area contributed by atoms with Crippen LogP contribution in [0.2, 0.25) is 0 Å². The van der Waals surface area contributed by atoms with Crippen molar-refractivity contribution in [2.45, 2.75) is 76.8 Å². The second kappa shape index (κ2) is 6.46. The van der Waals surface area contributed by atoms with Crippen molar-refractivity contribution >= 4 is 15.9 Å². The van der Waals surface area contributed by atoms with E-state index in [1.807, 2.05) is 6.92 Å². The van der Waals surface area contributed by atoms with E-state index in [1.165, 1.54) is 6.42 Å². The van der Waals surface area contributed by atoms with Gasteiger partial charge in [0.2, 0.25) is 5.79 Å². The predicted octanol–water partition coefficient (Wildman–Crippen LogP) is 4.00. The van der Waals surface area contributed by atoms with Crippen LogP contribution in [0, 0.1) is 23.7 Å². The standard InChI is InChI=1S/C18H29BrO5/c1-11-5-6-14-12(2)15(20-10-4-9-19)21-16-18(14)13(11)7-8-17(3,22-16)23-24-18/h11-16H,4-10H2,1-3H3/t11-,12-,13+,14+,15+,16-,17?,18-/m1/s1. The summed E-state index contributed by atoms with van der Waals surface area (Å²) in [6, 6.07) is 0. The summed E-state index contributed by atoms with van der Waals surface area (Å²) in [7, 11) is 0. The van der Waals surface area contributed by atoms with E-state index >= 15 is 0 Å². The summed E-state index contributed by atoms with van der Waals surface area (Å²) < 4.78 is 18.7. The lowest BCUT2D eigenvalue weighted by atomic mass is 9.58. The molecule has 4 aliphatic heterocycles. The van der Waals surface area contributed by atoms with Crippen molar-refractivity contribution in [3.63, 3.8) is 0 Å². The van der Waals surface area contributed by atoms with Crippen molar-refractivity contribution in [2.24, 2.45) is 23.7 Å². The third-order valence-corrected chi connectivity index (χ3v) is 7.22. The molecule has 4 saturated heterocycles. The number of alkyl halides is 1. The Morgan fingerprint density at radius 1 is 1.12 bits per heavy atom. The summed E-state index contributed by atoms with van der Waals surface area (Å²) in [6.07, 6.45) is 4.59. The molecule has 8 atom stereocenters. The molecule has 0 aromatic heterocycles. The molecule has 1 saturated carbocycles. The molecular weight excluding hydrogens is 376 g/mol. The van der Waals surface area contributed by atoms with Gasteiger partial charge in [0.25, 0.3) is 0 Å². The monoisotopic (exact) mass is 404 g/mol. The first-order valence-corrected chi connectivity index (χ1v) is 10.5. The Bertz CT molecular complexity index is 476. The highest BCUT2D eigenvalue weighted by Gasteiger charge is 2.69. The average molecular weight is 405 g/mol. The molecule has 0 radical (unpaired) electrons. The van der Waals surface area contributed by atoms with Gasteiger partial charge in [0.05, 0.1) is 6.61 Å². The number of hydrogen-bond donors (Lipinski definition) is 0. The lowest BCUT2D eigenvalue weighted by Crippen LogP contribution is -2.70. The maximum absolute atomic E-state index is 6.34. The minimum absolute atomic E-state index is 0.231. The molecule has 0 aromatic carbocycles. The zero-order chi connectivity index (χ0) is 16.9. The van der Waals surface area contributed by atoms with Crippen LogP contribution in [0.5, 0.6) is 0 Å². The van der Waals surface area contributed by atoms with Gasteiger partial charge in [0, 0.05) is 23.6 Å². The van der Waals surface area contributed by atoms with Crippen LogP contribution in [0.4, 0.5) is 0 Å². The van der Waals surface area contributed by atoms with Crippen LogP contribution in [0.1, 0.15) is 52.9 Å². The Labute approximate surface area is 152 Å². The second-order valence-electron chi connectivity index (χ2n) is 8.19. The molecule has 0 amide bonds. The third kappa shape index (κ3) is 2.60. The number of fused-ring (bicyclic) bond motifs is 2. The SMILES string of the molecule is C[C@H]1[C@@H](OCCCBr)O[C@@H]2OC3(C)CC[C@H]4[C@H](C)CC[C@@H]1[C@@]24OO3. The molecule has 6 heteroatoms. The van der Waals surface area contributed by atoms with Gasteiger partial charge in [-0.1, -0.05) is 29.8 Å². The highest BCUT2D eigenvalue weighted by atomic mass is 79.9. The van der Waals surface area contributed by atoms with Crippen molar-refractivity contribution in [1.82, 2.24) is 0 Å². The molecule has 5 nitrogen and oxygen atoms in total. The van der Waals surface area contributed by atoms with E-state index < -0.39 is 17.7 Å². The topological polar surface area (TPSA) is 46.2 Å². The van der Waals surface area contributed by atoms with Gasteiger partial charge >= 0.3 is 0 Å². The Hall–Kier alpha value is 0.280. The van der Waals surface area contributed by atoms with Crippen LogP contribution in [0.3, 0.4) is 0 Å². The van der Waals surface area contributed by atoms with Crippen LogP contribution >= 0.6 is 15.9 Å². The fourth-order valence-electron chi connectivity index (χ4n) is 5.32. The molecule has 1 unspecified atom stereocenters. The first kappa shape index (κ1) is 17.7. The first-order chi connectivity index (χ1) is 11.5. The zero-order valence-corrected chi connectivity index (χ0v) is 16.4. The molecule has 5 rings (SSSR count). The number of halogens is 1. The molecule has 138 valence electrons. The summed E-state index contributed by atoms with van der Waals surface area (Å²) in [4.78, 5) is 11.9. The van der Waals surface area contributed by atoms with E-state index in [1.54, 1.807) is 0 Å². The lowest BCUT2D eigenvalue weighted by Gasteiger charge is -2.60. The van der Waals surface area contributed by atoms with Gasteiger partial charge in [0.1, 0.15) is 0 Å². The smallest absolute Gasteiger partial charge is 0.201 e. The minimum atomic E-state index is -0.710. The van der Waals surface area contributed by atoms with E-state index in [4.69, 9.17) is 24.0 Å². The molecule has 4 heterocycles. The van der Waals surface area contributed by atoms with Gasteiger partial charge in [-0.15, -0.1) is 0 Å². The van der Waals surface area contributed by atoms with E-state index in [0.29, 0.717) is 24.4 Å². The zero-order valence-electron chi connectivity index (χ0n) is 14.8. The molecule has 2 bridgehead atoms. The summed E-state index contributed by atoms with van der Waals surface area (Å²) >= 11 is 3.45. The highest BCUT2D eigenvalue weighted by molar-refractivity contribution is 9.09. The highest BCUT2D eigenvalue weighted by Crippen LogP contribution is 2.60. The summed E-state index contributed by atoms with van der Waals surface area (Å²) in [5, 5.41) is 0.940. The van der Waals surface area contributed by atoms with Crippen LogP contribution < -0.4 is 0 Å². The van der Waals surface area contributed by atoms with Crippen molar-refractivity contribution in [3.05, 3.63) is 0 Å². The molecular formula is C18H29BrO5. The van der Waals surface area contributed by atoms with Crippen LogP contribution in [0.15, 0.2) is 0 Å². The fraction of sp³-hybridized carbons (Fsp3) is 1.00. The van der Waals surface area contributed by atoms with Gasteiger partial charge in [-0.2, -0.15) is 0 Å².